The van der Waals surface area contributed by atoms with E-state index < -0.39 is 10.1 Å². The molecule has 1 N–H and O–H groups in total. The summed E-state index contributed by atoms with van der Waals surface area (Å²) < 4.78 is 29.9. The lowest BCUT2D eigenvalue weighted by Gasteiger charge is -2.17. The summed E-state index contributed by atoms with van der Waals surface area (Å²) in [7, 11) is -2.08. The van der Waals surface area contributed by atoms with Crippen LogP contribution in [-0.2, 0) is 16.7 Å². The van der Waals surface area contributed by atoms with Crippen LogP contribution in [0.3, 0.4) is 0 Å². The second-order valence-electron chi connectivity index (χ2n) is 3.93. The molecule has 1 aromatic carbocycles. The molecule has 0 aliphatic rings. The van der Waals surface area contributed by atoms with Gasteiger partial charge in [-0.25, -0.2) is 0 Å². The van der Waals surface area contributed by atoms with Crippen molar-refractivity contribution < 1.29 is 13.0 Å². The van der Waals surface area contributed by atoms with Crippen LogP contribution in [0, 0.1) is 0 Å². The molecule has 0 amide bonds. The summed E-state index contributed by atoms with van der Waals surface area (Å²) in [6.45, 7) is 4.65. The van der Waals surface area contributed by atoms with E-state index in [9.17, 15) is 8.42 Å². The third-order valence-corrected chi connectivity index (χ3v) is 3.14. The minimum Gasteiger partial charge on any atom is -0.301 e. The van der Waals surface area contributed by atoms with Gasteiger partial charge in [0.05, 0.1) is 5.75 Å². The highest BCUT2D eigenvalue weighted by atomic mass is 32.2. The monoisotopic (exact) mass is 255 g/mol. The van der Waals surface area contributed by atoms with Crippen molar-refractivity contribution in [3.8, 4) is 0 Å². The van der Waals surface area contributed by atoms with Crippen molar-refractivity contribution in [1.82, 2.24) is 4.90 Å². The molecule has 0 spiro atoms. The molecule has 4 nitrogen and oxygen atoms in total. The Kier molecular flexibility index (Phi) is 4.86. The molecule has 0 unspecified atom stereocenters. The maximum atomic E-state index is 10.6. The van der Waals surface area contributed by atoms with E-state index >= 15 is 0 Å². The van der Waals surface area contributed by atoms with E-state index in [2.05, 4.69) is 6.58 Å². The second-order valence-corrected chi connectivity index (χ2v) is 5.50. The maximum absolute atomic E-state index is 10.6. The Morgan fingerprint density at radius 3 is 2.65 bits per heavy atom. The standard InChI is InChI=1S/C12H17NO3S/c1-3-11-6-4-5-7-12(11)10-13(2)8-9-17(14,15)16/h3-7H,1,8-10H2,2H3,(H,14,15,16). The van der Waals surface area contributed by atoms with Gasteiger partial charge in [0.2, 0.25) is 0 Å². The Morgan fingerprint density at radius 2 is 2.06 bits per heavy atom. The molecule has 17 heavy (non-hydrogen) atoms. The molecule has 94 valence electrons. The van der Waals surface area contributed by atoms with Gasteiger partial charge < -0.3 is 4.90 Å². The van der Waals surface area contributed by atoms with Gasteiger partial charge in [0.1, 0.15) is 0 Å². The molecule has 0 bridgehead atoms. The number of benzene rings is 1. The van der Waals surface area contributed by atoms with E-state index in [0.717, 1.165) is 11.1 Å². The lowest BCUT2D eigenvalue weighted by molar-refractivity contribution is 0.341. The fourth-order valence-electron chi connectivity index (χ4n) is 1.52. The molecule has 1 aromatic rings. The smallest absolute Gasteiger partial charge is 0.266 e. The molecule has 0 heterocycles. The quantitative estimate of drug-likeness (QED) is 0.785. The van der Waals surface area contributed by atoms with Gasteiger partial charge in [-0.2, -0.15) is 8.42 Å². The fraction of sp³-hybridized carbons (Fsp3) is 0.333. The Labute approximate surface area is 102 Å². The van der Waals surface area contributed by atoms with Crippen LogP contribution in [-0.4, -0.2) is 37.2 Å². The predicted octanol–water partition coefficient (Wildman–Crippen LogP) is 1.65. The van der Waals surface area contributed by atoms with Crippen molar-refractivity contribution >= 4 is 16.2 Å². The van der Waals surface area contributed by atoms with Crippen LogP contribution in [0.5, 0.6) is 0 Å². The van der Waals surface area contributed by atoms with Gasteiger partial charge in [-0.15, -0.1) is 0 Å². The molecular formula is C12H17NO3S. The topological polar surface area (TPSA) is 57.6 Å². The van der Waals surface area contributed by atoms with E-state index in [0.29, 0.717) is 13.1 Å². The average molecular weight is 255 g/mol. The lowest BCUT2D eigenvalue weighted by atomic mass is 10.1. The number of rotatable bonds is 6. The van der Waals surface area contributed by atoms with Gasteiger partial charge in [0.25, 0.3) is 10.1 Å². The van der Waals surface area contributed by atoms with E-state index in [1.165, 1.54) is 0 Å². The Bertz CT molecular complexity index is 482. The molecule has 0 aliphatic heterocycles. The first-order valence-corrected chi connectivity index (χ1v) is 6.87. The van der Waals surface area contributed by atoms with Crippen LogP contribution >= 0.6 is 0 Å². The van der Waals surface area contributed by atoms with Crippen LogP contribution in [0.15, 0.2) is 30.8 Å². The molecule has 0 saturated heterocycles. The zero-order chi connectivity index (χ0) is 12.9. The fourth-order valence-corrected chi connectivity index (χ4v) is 2.06. The lowest BCUT2D eigenvalue weighted by Crippen LogP contribution is -2.25. The molecule has 0 atom stereocenters. The van der Waals surface area contributed by atoms with Gasteiger partial charge in [-0.1, -0.05) is 36.9 Å². The summed E-state index contributed by atoms with van der Waals surface area (Å²) in [6.07, 6.45) is 1.77. The van der Waals surface area contributed by atoms with Crippen LogP contribution < -0.4 is 0 Å². The largest absolute Gasteiger partial charge is 0.301 e. The summed E-state index contributed by atoms with van der Waals surface area (Å²) in [6, 6.07) is 7.79. The van der Waals surface area contributed by atoms with E-state index in [-0.39, 0.29) is 5.75 Å². The van der Waals surface area contributed by atoms with Crippen LogP contribution in [0.1, 0.15) is 11.1 Å². The summed E-state index contributed by atoms with van der Waals surface area (Å²) >= 11 is 0. The highest BCUT2D eigenvalue weighted by molar-refractivity contribution is 7.85. The van der Waals surface area contributed by atoms with Gasteiger partial charge in [0, 0.05) is 13.1 Å². The summed E-state index contributed by atoms with van der Waals surface area (Å²) in [5.74, 6) is -0.250. The van der Waals surface area contributed by atoms with Gasteiger partial charge in [-0.3, -0.25) is 4.55 Å². The molecule has 0 fully saturated rings. The van der Waals surface area contributed by atoms with Crippen molar-refractivity contribution in [1.29, 1.82) is 0 Å². The zero-order valence-corrected chi connectivity index (χ0v) is 10.7. The minimum atomic E-state index is -3.89. The van der Waals surface area contributed by atoms with Crippen LogP contribution in [0.25, 0.3) is 6.08 Å². The number of nitrogens with zero attached hydrogens (tertiary/aromatic N) is 1. The maximum Gasteiger partial charge on any atom is 0.266 e. The summed E-state index contributed by atoms with van der Waals surface area (Å²) in [5, 5.41) is 0. The Balaban J connectivity index is 2.62. The predicted molar refractivity (Wildman–Crippen MR) is 69.3 cm³/mol. The van der Waals surface area contributed by atoms with Crippen molar-refractivity contribution in [2.24, 2.45) is 0 Å². The third kappa shape index (κ3) is 5.12. The third-order valence-electron chi connectivity index (χ3n) is 2.45. The molecular weight excluding hydrogens is 238 g/mol. The van der Waals surface area contributed by atoms with E-state index in [4.69, 9.17) is 4.55 Å². The molecule has 1 rings (SSSR count). The first-order valence-electron chi connectivity index (χ1n) is 5.26. The highest BCUT2D eigenvalue weighted by Gasteiger charge is 2.08. The molecule has 0 aliphatic carbocycles. The van der Waals surface area contributed by atoms with Crippen molar-refractivity contribution in [2.45, 2.75) is 6.54 Å². The molecule has 5 heteroatoms. The summed E-state index contributed by atoms with van der Waals surface area (Å²) in [4.78, 5) is 1.84. The normalized spacial score (nSPS) is 11.7. The van der Waals surface area contributed by atoms with E-state index in [1.54, 1.807) is 6.08 Å². The molecule has 0 saturated carbocycles. The molecule has 0 aromatic heterocycles. The van der Waals surface area contributed by atoms with E-state index in [1.807, 2.05) is 36.2 Å². The Morgan fingerprint density at radius 1 is 1.41 bits per heavy atom. The van der Waals surface area contributed by atoms with Gasteiger partial charge in [-0.05, 0) is 18.2 Å². The number of hydrogen-bond donors (Lipinski definition) is 1. The number of hydrogen-bond acceptors (Lipinski definition) is 3. The van der Waals surface area contributed by atoms with Crippen LogP contribution in [0.2, 0.25) is 0 Å². The second kappa shape index (κ2) is 5.95. The SMILES string of the molecule is C=Cc1ccccc1CN(C)CCS(=O)(=O)O. The summed E-state index contributed by atoms with van der Waals surface area (Å²) in [5.41, 5.74) is 2.12. The van der Waals surface area contributed by atoms with Gasteiger partial charge in [0.15, 0.2) is 0 Å². The van der Waals surface area contributed by atoms with Crippen molar-refractivity contribution in [2.75, 3.05) is 19.3 Å². The average Bonchev–Trinajstić information content (AvgIpc) is 2.26. The van der Waals surface area contributed by atoms with Crippen molar-refractivity contribution in [3.63, 3.8) is 0 Å². The Hall–Kier alpha value is -1.17. The first-order chi connectivity index (χ1) is 7.92. The minimum absolute atomic E-state index is 0.250. The van der Waals surface area contributed by atoms with Crippen LogP contribution in [0.4, 0.5) is 0 Å². The highest BCUT2D eigenvalue weighted by Crippen LogP contribution is 2.11. The van der Waals surface area contributed by atoms with Gasteiger partial charge >= 0.3 is 0 Å². The zero-order valence-electron chi connectivity index (χ0n) is 9.83. The van der Waals surface area contributed by atoms with Crippen molar-refractivity contribution in [3.05, 3.63) is 42.0 Å². The molecule has 0 radical (unpaired) electrons. The first kappa shape index (κ1) is 13.9.